The van der Waals surface area contributed by atoms with Crippen molar-refractivity contribution in [2.45, 2.75) is 51.2 Å². The predicted octanol–water partition coefficient (Wildman–Crippen LogP) is 1.22. The highest BCUT2D eigenvalue weighted by Gasteiger charge is 2.27. The number of hydrogen-bond donors (Lipinski definition) is 2. The minimum Gasteiger partial charge on any atom is -0.389 e. The molecule has 1 aliphatic rings. The zero-order valence-corrected chi connectivity index (χ0v) is 10.4. The Labute approximate surface area is 93.9 Å². The topological polar surface area (TPSA) is 35.5 Å². The molecule has 3 heteroatoms. The predicted molar refractivity (Wildman–Crippen MR) is 64.1 cm³/mol. The third kappa shape index (κ3) is 3.74. The van der Waals surface area contributed by atoms with Crippen molar-refractivity contribution in [2.75, 3.05) is 26.7 Å². The zero-order valence-electron chi connectivity index (χ0n) is 10.4. The van der Waals surface area contributed by atoms with E-state index in [2.05, 4.69) is 31.1 Å². The Morgan fingerprint density at radius 2 is 2.07 bits per heavy atom. The fraction of sp³-hybridized carbons (Fsp3) is 1.00. The Hall–Kier alpha value is -0.120. The Balaban J connectivity index is 2.41. The van der Waals surface area contributed by atoms with Crippen LogP contribution in [0.15, 0.2) is 0 Å². The molecule has 1 unspecified atom stereocenters. The first-order valence-corrected chi connectivity index (χ1v) is 6.24. The molecule has 0 amide bonds. The van der Waals surface area contributed by atoms with Crippen LogP contribution in [0.1, 0.15) is 39.5 Å². The van der Waals surface area contributed by atoms with E-state index in [1.807, 2.05) is 0 Å². The van der Waals surface area contributed by atoms with Crippen LogP contribution in [-0.4, -0.2) is 48.3 Å². The Kier molecular flexibility index (Phi) is 5.03. The van der Waals surface area contributed by atoms with Crippen molar-refractivity contribution >= 4 is 0 Å². The fourth-order valence-corrected chi connectivity index (χ4v) is 2.28. The van der Waals surface area contributed by atoms with Crippen LogP contribution in [0.2, 0.25) is 0 Å². The van der Waals surface area contributed by atoms with E-state index in [1.165, 1.54) is 12.8 Å². The van der Waals surface area contributed by atoms with Crippen LogP contribution in [0.25, 0.3) is 0 Å². The molecule has 0 saturated carbocycles. The number of hydrogen-bond acceptors (Lipinski definition) is 3. The van der Waals surface area contributed by atoms with Gasteiger partial charge in [-0.05, 0) is 39.3 Å². The monoisotopic (exact) mass is 214 g/mol. The van der Waals surface area contributed by atoms with Gasteiger partial charge >= 0.3 is 0 Å². The van der Waals surface area contributed by atoms with Crippen LogP contribution >= 0.6 is 0 Å². The number of aliphatic hydroxyl groups is 1. The zero-order chi connectivity index (χ0) is 11.3. The highest BCUT2D eigenvalue weighted by Crippen LogP contribution is 2.18. The van der Waals surface area contributed by atoms with Crippen LogP contribution < -0.4 is 5.32 Å². The summed E-state index contributed by atoms with van der Waals surface area (Å²) in [5, 5.41) is 13.7. The first-order chi connectivity index (χ1) is 7.11. The summed E-state index contributed by atoms with van der Waals surface area (Å²) in [5.41, 5.74) is -0.494. The third-order valence-electron chi connectivity index (χ3n) is 3.75. The van der Waals surface area contributed by atoms with Crippen LogP contribution in [0.4, 0.5) is 0 Å². The van der Waals surface area contributed by atoms with Crippen LogP contribution in [0.5, 0.6) is 0 Å². The average molecular weight is 214 g/mol. The minimum absolute atomic E-state index is 0.494. The summed E-state index contributed by atoms with van der Waals surface area (Å²) in [6.07, 6.45) is 4.20. The second kappa shape index (κ2) is 5.83. The van der Waals surface area contributed by atoms with E-state index < -0.39 is 5.60 Å². The summed E-state index contributed by atoms with van der Waals surface area (Å²) in [6.45, 7) is 7.15. The smallest absolute Gasteiger partial charge is 0.0768 e. The average Bonchev–Trinajstić information content (AvgIpc) is 2.30. The van der Waals surface area contributed by atoms with Crippen molar-refractivity contribution in [1.82, 2.24) is 10.2 Å². The molecule has 0 bridgehead atoms. The second-order valence-corrected chi connectivity index (χ2v) is 4.85. The Morgan fingerprint density at radius 1 is 1.40 bits per heavy atom. The molecule has 1 atom stereocenters. The summed E-state index contributed by atoms with van der Waals surface area (Å²) < 4.78 is 0. The molecule has 90 valence electrons. The maximum absolute atomic E-state index is 10.3. The molecule has 1 saturated heterocycles. The maximum Gasteiger partial charge on any atom is 0.0768 e. The molecule has 1 aliphatic heterocycles. The van der Waals surface area contributed by atoms with Crippen LogP contribution in [-0.2, 0) is 0 Å². The molecule has 0 aromatic heterocycles. The van der Waals surface area contributed by atoms with E-state index in [0.717, 1.165) is 32.5 Å². The maximum atomic E-state index is 10.3. The van der Waals surface area contributed by atoms with Crippen molar-refractivity contribution in [3.05, 3.63) is 0 Å². The lowest BCUT2D eigenvalue weighted by atomic mass is 9.95. The van der Waals surface area contributed by atoms with E-state index in [1.54, 1.807) is 0 Å². The molecule has 3 nitrogen and oxygen atoms in total. The lowest BCUT2D eigenvalue weighted by Crippen LogP contribution is -2.50. The van der Waals surface area contributed by atoms with Gasteiger partial charge in [0, 0.05) is 19.1 Å². The number of piperidine rings is 1. The van der Waals surface area contributed by atoms with E-state index in [9.17, 15) is 5.11 Å². The molecule has 0 aliphatic carbocycles. The number of nitrogens with one attached hydrogen (secondary N) is 1. The summed E-state index contributed by atoms with van der Waals surface area (Å²) in [7, 11) is 2.13. The van der Waals surface area contributed by atoms with Crippen molar-refractivity contribution in [3.8, 4) is 0 Å². The van der Waals surface area contributed by atoms with Gasteiger partial charge in [-0.2, -0.15) is 0 Å². The van der Waals surface area contributed by atoms with Gasteiger partial charge in [-0.25, -0.2) is 0 Å². The third-order valence-corrected chi connectivity index (χ3v) is 3.75. The van der Waals surface area contributed by atoms with Gasteiger partial charge in [-0.15, -0.1) is 0 Å². The quantitative estimate of drug-likeness (QED) is 0.722. The minimum atomic E-state index is -0.494. The first kappa shape index (κ1) is 12.9. The van der Waals surface area contributed by atoms with Gasteiger partial charge in [0.05, 0.1) is 5.60 Å². The summed E-state index contributed by atoms with van der Waals surface area (Å²) in [5.74, 6) is 0. The lowest BCUT2D eigenvalue weighted by Gasteiger charge is -2.37. The van der Waals surface area contributed by atoms with Gasteiger partial charge in [0.2, 0.25) is 0 Å². The van der Waals surface area contributed by atoms with Gasteiger partial charge in [0.25, 0.3) is 0 Å². The SMILES string of the molecule is CCC(O)(CC)CN(C)C1CCCNC1. The van der Waals surface area contributed by atoms with Crippen molar-refractivity contribution in [3.63, 3.8) is 0 Å². The van der Waals surface area contributed by atoms with E-state index in [-0.39, 0.29) is 0 Å². The Bertz CT molecular complexity index is 174. The van der Waals surface area contributed by atoms with E-state index in [0.29, 0.717) is 6.04 Å². The highest BCUT2D eigenvalue weighted by atomic mass is 16.3. The largest absolute Gasteiger partial charge is 0.389 e. The molecule has 1 fully saturated rings. The van der Waals surface area contributed by atoms with Gasteiger partial charge in [-0.1, -0.05) is 13.8 Å². The van der Waals surface area contributed by atoms with Gasteiger partial charge in [-0.3, -0.25) is 4.90 Å². The lowest BCUT2D eigenvalue weighted by molar-refractivity contribution is -0.00942. The van der Waals surface area contributed by atoms with E-state index >= 15 is 0 Å². The molecule has 2 N–H and O–H groups in total. The molecule has 1 heterocycles. The normalized spacial score (nSPS) is 23.4. The summed E-state index contributed by atoms with van der Waals surface area (Å²) >= 11 is 0. The molecule has 0 spiro atoms. The number of nitrogens with zero attached hydrogens (tertiary/aromatic N) is 1. The molecular weight excluding hydrogens is 188 g/mol. The number of likely N-dealkylation sites (N-methyl/N-ethyl adjacent to an activating group) is 1. The Morgan fingerprint density at radius 3 is 2.53 bits per heavy atom. The van der Waals surface area contributed by atoms with Crippen molar-refractivity contribution < 1.29 is 5.11 Å². The second-order valence-electron chi connectivity index (χ2n) is 4.85. The summed E-state index contributed by atoms with van der Waals surface area (Å²) in [6, 6.07) is 0.600. The van der Waals surface area contributed by atoms with Crippen molar-refractivity contribution in [1.29, 1.82) is 0 Å². The standard InChI is InChI=1S/C12H26N2O/c1-4-12(15,5-2)10-14(3)11-7-6-8-13-9-11/h11,13,15H,4-10H2,1-3H3. The van der Waals surface area contributed by atoms with Crippen LogP contribution in [0.3, 0.4) is 0 Å². The van der Waals surface area contributed by atoms with Gasteiger partial charge in [0.15, 0.2) is 0 Å². The van der Waals surface area contributed by atoms with Crippen LogP contribution in [0, 0.1) is 0 Å². The molecular formula is C12H26N2O. The molecule has 1 rings (SSSR count). The highest BCUT2D eigenvalue weighted by molar-refractivity contribution is 4.84. The van der Waals surface area contributed by atoms with Gasteiger partial charge in [0.1, 0.15) is 0 Å². The molecule has 15 heavy (non-hydrogen) atoms. The van der Waals surface area contributed by atoms with Gasteiger partial charge < -0.3 is 10.4 Å². The molecule has 0 aromatic rings. The molecule has 0 aromatic carbocycles. The van der Waals surface area contributed by atoms with Crippen molar-refractivity contribution in [2.24, 2.45) is 0 Å². The molecule has 0 radical (unpaired) electrons. The number of rotatable bonds is 5. The van der Waals surface area contributed by atoms with E-state index in [4.69, 9.17) is 0 Å². The summed E-state index contributed by atoms with van der Waals surface area (Å²) in [4.78, 5) is 2.32. The first-order valence-electron chi connectivity index (χ1n) is 6.24. The fourth-order valence-electron chi connectivity index (χ4n) is 2.28.